The van der Waals surface area contributed by atoms with Crippen LogP contribution < -0.4 is 16.0 Å². The van der Waals surface area contributed by atoms with Crippen molar-refractivity contribution in [2.24, 2.45) is 11.8 Å². The van der Waals surface area contributed by atoms with E-state index in [1.54, 1.807) is 7.11 Å². The number of hydrogen-bond donors (Lipinski definition) is 3. The average molecular weight is 357 g/mol. The average Bonchev–Trinajstić information content (AvgIpc) is 2.66. The Balaban J connectivity index is 2.32. The predicted molar refractivity (Wildman–Crippen MR) is 104 cm³/mol. The molecule has 0 spiro atoms. The Kier molecular flexibility index (Phi) is 5.46. The number of pyridine rings is 1. The van der Waals surface area contributed by atoms with Crippen molar-refractivity contribution in [1.82, 2.24) is 4.98 Å². The largest absolute Gasteiger partial charge is 0.497 e. The van der Waals surface area contributed by atoms with Gasteiger partial charge in [0.1, 0.15) is 11.6 Å². The summed E-state index contributed by atoms with van der Waals surface area (Å²) in [5.74, 6) is 7.13. The van der Waals surface area contributed by atoms with E-state index in [1.807, 2.05) is 26.0 Å². The van der Waals surface area contributed by atoms with Crippen LogP contribution in [0.2, 0.25) is 0 Å². The van der Waals surface area contributed by atoms with Crippen molar-refractivity contribution in [3.63, 3.8) is 0 Å². The molecule has 1 aliphatic rings. The first-order valence-corrected chi connectivity index (χ1v) is 8.88. The second kappa shape index (κ2) is 7.61. The van der Waals surface area contributed by atoms with E-state index < -0.39 is 6.10 Å². The number of methoxy groups -OCH3 is 1. The van der Waals surface area contributed by atoms with Gasteiger partial charge in [0.15, 0.2) is 0 Å². The highest BCUT2D eigenvalue weighted by Crippen LogP contribution is 2.42. The number of allylic oxidation sites excluding steroid dienone is 1. The molecule has 1 saturated heterocycles. The smallest absolute Gasteiger partial charge is 0.148 e. The summed E-state index contributed by atoms with van der Waals surface area (Å²) in [6, 6.07) is 3.86. The highest BCUT2D eigenvalue weighted by Gasteiger charge is 2.29. The van der Waals surface area contributed by atoms with Crippen LogP contribution in [0.25, 0.3) is 16.5 Å². The lowest BCUT2D eigenvalue weighted by molar-refractivity contribution is 0.00764. The zero-order valence-corrected chi connectivity index (χ0v) is 15.6. The second-order valence-corrected chi connectivity index (χ2v) is 6.91. The van der Waals surface area contributed by atoms with Crippen LogP contribution in [-0.2, 0) is 4.74 Å². The van der Waals surface area contributed by atoms with E-state index in [4.69, 9.17) is 15.3 Å². The van der Waals surface area contributed by atoms with Gasteiger partial charge in [-0.15, -0.1) is 0 Å². The number of fused-ring (bicyclic) bond motifs is 1. The normalized spacial score (nSPS) is 16.5. The molecule has 1 aromatic carbocycles. The monoisotopic (exact) mass is 357 g/mol. The maximum Gasteiger partial charge on any atom is 0.148 e. The van der Waals surface area contributed by atoms with Gasteiger partial charge in [-0.2, -0.15) is 0 Å². The summed E-state index contributed by atoms with van der Waals surface area (Å²) >= 11 is 0. The molecule has 140 valence electrons. The number of hydrogen-bond acceptors (Lipinski definition) is 6. The molecule has 0 saturated carbocycles. The molecule has 6 nitrogen and oxygen atoms in total. The van der Waals surface area contributed by atoms with Crippen LogP contribution in [0.5, 0.6) is 5.75 Å². The van der Waals surface area contributed by atoms with Gasteiger partial charge in [-0.1, -0.05) is 6.58 Å². The first-order chi connectivity index (χ1) is 12.5. The van der Waals surface area contributed by atoms with Crippen molar-refractivity contribution in [2.75, 3.05) is 25.7 Å². The van der Waals surface area contributed by atoms with E-state index in [0.717, 1.165) is 51.8 Å². The van der Waals surface area contributed by atoms with Gasteiger partial charge < -0.3 is 20.0 Å². The van der Waals surface area contributed by atoms with Crippen LogP contribution in [-0.4, -0.2) is 30.4 Å². The van der Waals surface area contributed by atoms with E-state index >= 15 is 0 Å². The first kappa shape index (κ1) is 18.6. The van der Waals surface area contributed by atoms with Crippen LogP contribution in [0.3, 0.4) is 0 Å². The number of anilines is 1. The minimum Gasteiger partial charge on any atom is -0.497 e. The molecule has 0 radical (unpaired) electrons. The molecule has 1 aliphatic heterocycles. The van der Waals surface area contributed by atoms with E-state index in [-0.39, 0.29) is 5.92 Å². The predicted octanol–water partition coefficient (Wildman–Crippen LogP) is 3.33. The van der Waals surface area contributed by atoms with E-state index in [1.165, 1.54) is 0 Å². The van der Waals surface area contributed by atoms with Gasteiger partial charge in [0, 0.05) is 29.7 Å². The van der Waals surface area contributed by atoms with Gasteiger partial charge in [-0.05, 0) is 55.9 Å². The lowest BCUT2D eigenvalue weighted by Crippen LogP contribution is -2.24. The SMILES string of the molecule is C=C(C)c1c(NN)nc2c(C)cc(OC)cc2c1C(O)C1CCOCC1. The maximum atomic E-state index is 11.3. The fourth-order valence-electron chi connectivity index (χ4n) is 3.76. The number of aliphatic hydroxyl groups is 1. The minimum absolute atomic E-state index is 0.115. The Morgan fingerprint density at radius 3 is 2.69 bits per heavy atom. The van der Waals surface area contributed by atoms with Crippen LogP contribution >= 0.6 is 0 Å². The number of benzene rings is 1. The van der Waals surface area contributed by atoms with Crippen molar-refractivity contribution < 1.29 is 14.6 Å². The van der Waals surface area contributed by atoms with Crippen LogP contribution in [0.1, 0.15) is 42.6 Å². The third-order valence-electron chi connectivity index (χ3n) is 5.10. The van der Waals surface area contributed by atoms with E-state index in [9.17, 15) is 5.11 Å². The molecule has 0 aliphatic carbocycles. The van der Waals surface area contributed by atoms with E-state index in [0.29, 0.717) is 19.0 Å². The number of nitrogen functional groups attached to an aromatic ring is 1. The lowest BCUT2D eigenvalue weighted by atomic mass is 9.84. The van der Waals surface area contributed by atoms with E-state index in [2.05, 4.69) is 17.0 Å². The Labute approximate surface area is 154 Å². The number of aromatic nitrogens is 1. The molecule has 1 unspecified atom stereocenters. The van der Waals surface area contributed by atoms with Crippen molar-refractivity contribution in [1.29, 1.82) is 0 Å². The number of rotatable bonds is 5. The van der Waals surface area contributed by atoms with Gasteiger partial charge in [0.25, 0.3) is 0 Å². The number of aryl methyl sites for hydroxylation is 1. The lowest BCUT2D eigenvalue weighted by Gasteiger charge is -2.30. The molecule has 1 fully saturated rings. The summed E-state index contributed by atoms with van der Waals surface area (Å²) in [7, 11) is 1.64. The Bertz CT molecular complexity index is 829. The number of aliphatic hydroxyl groups excluding tert-OH is 1. The zero-order valence-electron chi connectivity index (χ0n) is 15.6. The van der Waals surface area contributed by atoms with Crippen molar-refractivity contribution in [3.05, 3.63) is 35.4 Å². The van der Waals surface area contributed by atoms with Gasteiger partial charge >= 0.3 is 0 Å². The van der Waals surface area contributed by atoms with Gasteiger partial charge in [0.2, 0.25) is 0 Å². The van der Waals surface area contributed by atoms with Crippen molar-refractivity contribution >= 4 is 22.3 Å². The molecule has 26 heavy (non-hydrogen) atoms. The Morgan fingerprint density at radius 2 is 2.12 bits per heavy atom. The fourth-order valence-corrected chi connectivity index (χ4v) is 3.76. The Hall–Kier alpha value is -2.15. The molecule has 0 amide bonds. The van der Waals surface area contributed by atoms with Crippen molar-refractivity contribution in [3.8, 4) is 5.75 Å². The molecule has 2 heterocycles. The highest BCUT2D eigenvalue weighted by molar-refractivity contribution is 5.94. The third-order valence-corrected chi connectivity index (χ3v) is 5.10. The summed E-state index contributed by atoms with van der Waals surface area (Å²) in [6.45, 7) is 9.29. The maximum absolute atomic E-state index is 11.3. The summed E-state index contributed by atoms with van der Waals surface area (Å²) in [4.78, 5) is 4.69. The summed E-state index contributed by atoms with van der Waals surface area (Å²) in [5.41, 5.74) is 6.82. The minimum atomic E-state index is -0.658. The number of hydrazine groups is 1. The molecular weight excluding hydrogens is 330 g/mol. The van der Waals surface area contributed by atoms with Crippen LogP contribution in [0.4, 0.5) is 5.82 Å². The van der Waals surface area contributed by atoms with Crippen LogP contribution in [0.15, 0.2) is 18.7 Å². The molecular formula is C20H27N3O3. The standard InChI is InChI=1S/C20H27N3O3/c1-11(2)16-17(19(24)13-5-7-26-8-6-13)15-10-14(25-4)9-12(3)18(15)22-20(16)23-21/h9-10,13,19,24H,1,5-8,21H2,2-4H3,(H,22,23). The number of ether oxygens (including phenoxy) is 2. The first-order valence-electron chi connectivity index (χ1n) is 8.88. The molecule has 1 aromatic heterocycles. The Morgan fingerprint density at radius 1 is 1.42 bits per heavy atom. The molecule has 3 rings (SSSR count). The topological polar surface area (TPSA) is 89.6 Å². The fraction of sp³-hybridized carbons (Fsp3) is 0.450. The number of nitrogens with zero attached hydrogens (tertiary/aromatic N) is 1. The van der Waals surface area contributed by atoms with Crippen LogP contribution in [0, 0.1) is 12.8 Å². The van der Waals surface area contributed by atoms with Gasteiger partial charge in [0.05, 0.1) is 18.7 Å². The molecule has 4 N–H and O–H groups in total. The zero-order chi connectivity index (χ0) is 18.8. The molecule has 6 heteroatoms. The molecule has 2 aromatic rings. The third kappa shape index (κ3) is 3.28. The van der Waals surface area contributed by atoms with Crippen molar-refractivity contribution in [2.45, 2.75) is 32.8 Å². The van der Waals surface area contributed by atoms with Gasteiger partial charge in [-0.25, -0.2) is 10.8 Å². The highest BCUT2D eigenvalue weighted by atomic mass is 16.5. The van der Waals surface area contributed by atoms with Gasteiger partial charge in [-0.3, -0.25) is 0 Å². The quantitative estimate of drug-likeness (QED) is 0.562. The molecule has 0 bridgehead atoms. The number of nitrogens with one attached hydrogen (secondary N) is 1. The summed E-state index contributed by atoms with van der Waals surface area (Å²) in [6.07, 6.45) is 0.971. The molecule has 1 atom stereocenters. The summed E-state index contributed by atoms with van der Waals surface area (Å²) < 4.78 is 10.9. The number of nitrogens with two attached hydrogens (primary N) is 1. The second-order valence-electron chi connectivity index (χ2n) is 6.91. The summed E-state index contributed by atoms with van der Waals surface area (Å²) in [5, 5.41) is 12.2.